The molecule has 0 amide bonds. The molecule has 2 rings (SSSR count). The molecule has 0 bridgehead atoms. The van der Waals surface area contributed by atoms with Gasteiger partial charge < -0.3 is 10.5 Å². The van der Waals surface area contributed by atoms with Gasteiger partial charge in [-0.3, -0.25) is 0 Å². The molecule has 2 aromatic rings. The van der Waals surface area contributed by atoms with Gasteiger partial charge in [0.25, 0.3) is 0 Å². The first kappa shape index (κ1) is 13.3. The number of nitrogen functional groups attached to an aromatic ring is 1. The topological polar surface area (TPSA) is 53.1 Å². The Balaban J connectivity index is 2.09. The number of aromatic nitrogens is 2. The Labute approximate surface area is 107 Å². The highest BCUT2D eigenvalue weighted by Gasteiger charge is 2.30. The van der Waals surface area contributed by atoms with E-state index in [-0.39, 0.29) is 5.75 Å². The number of hydrogen-bond donors (Lipinski definition) is 1. The molecule has 0 aliphatic heterocycles. The first-order valence-corrected chi connectivity index (χ1v) is 5.48. The van der Waals surface area contributed by atoms with Gasteiger partial charge in [0.15, 0.2) is 0 Å². The van der Waals surface area contributed by atoms with Gasteiger partial charge in [0.05, 0.1) is 12.7 Å². The summed E-state index contributed by atoms with van der Waals surface area (Å²) >= 11 is 0. The van der Waals surface area contributed by atoms with Gasteiger partial charge in [-0.05, 0) is 24.6 Å². The fraction of sp³-hybridized carbons (Fsp3) is 0.250. The lowest BCUT2D eigenvalue weighted by Crippen LogP contribution is -2.17. The smallest absolute Gasteiger partial charge is 0.406 e. The number of halogens is 3. The van der Waals surface area contributed by atoms with E-state index in [0.29, 0.717) is 12.4 Å². The molecule has 0 saturated heterocycles. The maximum atomic E-state index is 12.0. The second kappa shape index (κ2) is 4.83. The van der Waals surface area contributed by atoms with E-state index >= 15 is 0 Å². The molecule has 0 aliphatic carbocycles. The molecule has 1 aromatic carbocycles. The number of aryl methyl sites for hydroxylation is 1. The minimum absolute atomic E-state index is 0.249. The predicted octanol–water partition coefficient (Wildman–Crippen LogP) is 2.72. The van der Waals surface area contributed by atoms with E-state index in [9.17, 15) is 13.2 Å². The number of hydrogen-bond acceptors (Lipinski definition) is 3. The van der Waals surface area contributed by atoms with Crippen LogP contribution >= 0.6 is 0 Å². The van der Waals surface area contributed by atoms with E-state index in [1.54, 1.807) is 10.9 Å². The van der Waals surface area contributed by atoms with Gasteiger partial charge in [0.2, 0.25) is 0 Å². The number of nitrogens with two attached hydrogens (primary N) is 1. The molecule has 1 aromatic heterocycles. The number of alkyl halides is 3. The van der Waals surface area contributed by atoms with E-state index in [1.807, 2.05) is 6.92 Å². The van der Waals surface area contributed by atoms with Crippen LogP contribution in [0.25, 0.3) is 0 Å². The number of nitrogens with zero attached hydrogens (tertiary/aromatic N) is 2. The first-order chi connectivity index (χ1) is 8.85. The molecule has 0 fully saturated rings. The standard InChI is InChI=1S/C12H12F3N3O/c1-8-6-17-18(11(8)16)7-9-2-4-10(5-3-9)19-12(13,14)15/h2-6H,7,16H2,1H3. The Hall–Kier alpha value is -2.18. The minimum atomic E-state index is -4.68. The zero-order valence-electron chi connectivity index (χ0n) is 10.1. The van der Waals surface area contributed by atoms with Crippen LogP contribution in [0.5, 0.6) is 5.75 Å². The fourth-order valence-electron chi connectivity index (χ4n) is 1.58. The third-order valence-electron chi connectivity index (χ3n) is 2.56. The average Bonchev–Trinajstić information content (AvgIpc) is 2.62. The van der Waals surface area contributed by atoms with Crippen LogP contribution in [0.3, 0.4) is 0 Å². The van der Waals surface area contributed by atoms with Crippen LogP contribution in [0.15, 0.2) is 30.5 Å². The Morgan fingerprint density at radius 1 is 1.26 bits per heavy atom. The van der Waals surface area contributed by atoms with Crippen molar-refractivity contribution in [2.75, 3.05) is 5.73 Å². The van der Waals surface area contributed by atoms with Gasteiger partial charge in [-0.25, -0.2) is 4.68 Å². The SMILES string of the molecule is Cc1cnn(Cc2ccc(OC(F)(F)F)cc2)c1N. The molecule has 19 heavy (non-hydrogen) atoms. The third-order valence-corrected chi connectivity index (χ3v) is 2.56. The Kier molecular flexibility index (Phi) is 3.37. The summed E-state index contributed by atoms with van der Waals surface area (Å²) in [6.45, 7) is 2.23. The quantitative estimate of drug-likeness (QED) is 0.933. The lowest BCUT2D eigenvalue weighted by molar-refractivity contribution is -0.274. The maximum absolute atomic E-state index is 12.0. The highest BCUT2D eigenvalue weighted by Crippen LogP contribution is 2.23. The summed E-state index contributed by atoms with van der Waals surface area (Å²) < 4.78 is 41.3. The number of rotatable bonds is 3. The maximum Gasteiger partial charge on any atom is 0.573 e. The molecule has 0 unspecified atom stereocenters. The average molecular weight is 271 g/mol. The van der Waals surface area contributed by atoms with Gasteiger partial charge in [0.1, 0.15) is 11.6 Å². The molecule has 2 N–H and O–H groups in total. The molecular formula is C12H12F3N3O. The molecule has 4 nitrogen and oxygen atoms in total. The number of anilines is 1. The molecule has 0 spiro atoms. The predicted molar refractivity (Wildman–Crippen MR) is 63.6 cm³/mol. The first-order valence-electron chi connectivity index (χ1n) is 5.48. The van der Waals surface area contributed by atoms with Crippen LogP contribution in [-0.2, 0) is 6.54 Å². The van der Waals surface area contributed by atoms with Crippen molar-refractivity contribution in [1.29, 1.82) is 0 Å². The van der Waals surface area contributed by atoms with Crippen molar-refractivity contribution in [2.24, 2.45) is 0 Å². The third kappa shape index (κ3) is 3.40. The lowest BCUT2D eigenvalue weighted by Gasteiger charge is -2.09. The van der Waals surface area contributed by atoms with Gasteiger partial charge in [-0.15, -0.1) is 13.2 Å². The van der Waals surface area contributed by atoms with E-state index in [2.05, 4.69) is 9.84 Å². The Morgan fingerprint density at radius 2 is 1.89 bits per heavy atom. The summed E-state index contributed by atoms with van der Waals surface area (Å²) in [5.41, 5.74) is 7.43. The molecular weight excluding hydrogens is 259 g/mol. The molecule has 0 radical (unpaired) electrons. The van der Waals surface area contributed by atoms with E-state index in [0.717, 1.165) is 11.1 Å². The monoisotopic (exact) mass is 271 g/mol. The molecule has 0 atom stereocenters. The molecule has 0 aliphatic rings. The van der Waals surface area contributed by atoms with Crippen LogP contribution in [0.4, 0.5) is 19.0 Å². The van der Waals surface area contributed by atoms with Crippen LogP contribution in [0, 0.1) is 6.92 Å². The van der Waals surface area contributed by atoms with Crippen molar-refractivity contribution in [3.63, 3.8) is 0 Å². The van der Waals surface area contributed by atoms with Gasteiger partial charge in [0, 0.05) is 5.56 Å². The zero-order valence-corrected chi connectivity index (χ0v) is 10.1. The Bertz CT molecular complexity index is 561. The van der Waals surface area contributed by atoms with E-state index in [1.165, 1.54) is 24.3 Å². The highest BCUT2D eigenvalue weighted by molar-refractivity contribution is 5.38. The minimum Gasteiger partial charge on any atom is -0.406 e. The number of ether oxygens (including phenoxy) is 1. The normalized spacial score (nSPS) is 11.6. The van der Waals surface area contributed by atoms with Crippen LogP contribution in [-0.4, -0.2) is 16.1 Å². The lowest BCUT2D eigenvalue weighted by atomic mass is 10.2. The summed E-state index contributed by atoms with van der Waals surface area (Å²) in [4.78, 5) is 0. The zero-order chi connectivity index (χ0) is 14.0. The van der Waals surface area contributed by atoms with Gasteiger partial charge >= 0.3 is 6.36 Å². The summed E-state index contributed by atoms with van der Waals surface area (Å²) in [7, 11) is 0. The second-order valence-corrected chi connectivity index (χ2v) is 4.06. The van der Waals surface area contributed by atoms with E-state index in [4.69, 9.17) is 5.73 Å². The molecule has 7 heteroatoms. The second-order valence-electron chi connectivity index (χ2n) is 4.06. The van der Waals surface area contributed by atoms with Crippen molar-refractivity contribution in [2.45, 2.75) is 19.8 Å². The van der Waals surface area contributed by atoms with Crippen LogP contribution in [0.2, 0.25) is 0 Å². The van der Waals surface area contributed by atoms with Gasteiger partial charge in [-0.2, -0.15) is 5.10 Å². The van der Waals surface area contributed by atoms with Crippen molar-refractivity contribution < 1.29 is 17.9 Å². The van der Waals surface area contributed by atoms with Crippen LogP contribution in [0.1, 0.15) is 11.1 Å². The summed E-state index contributed by atoms with van der Waals surface area (Å²) in [5.74, 6) is 0.288. The largest absolute Gasteiger partial charge is 0.573 e. The van der Waals surface area contributed by atoms with Crippen molar-refractivity contribution in [3.05, 3.63) is 41.6 Å². The fourth-order valence-corrected chi connectivity index (χ4v) is 1.58. The van der Waals surface area contributed by atoms with Crippen molar-refractivity contribution in [1.82, 2.24) is 9.78 Å². The molecule has 102 valence electrons. The number of benzene rings is 1. The van der Waals surface area contributed by atoms with Crippen molar-refractivity contribution in [3.8, 4) is 5.75 Å². The summed E-state index contributed by atoms with van der Waals surface area (Å²) in [6, 6.07) is 5.60. The summed E-state index contributed by atoms with van der Waals surface area (Å²) in [6.07, 6.45) is -3.04. The van der Waals surface area contributed by atoms with Crippen LogP contribution < -0.4 is 10.5 Å². The van der Waals surface area contributed by atoms with Gasteiger partial charge in [-0.1, -0.05) is 12.1 Å². The Morgan fingerprint density at radius 3 is 2.37 bits per heavy atom. The summed E-state index contributed by atoms with van der Waals surface area (Å²) in [5, 5.41) is 4.07. The van der Waals surface area contributed by atoms with E-state index < -0.39 is 6.36 Å². The highest BCUT2D eigenvalue weighted by atomic mass is 19.4. The molecule has 0 saturated carbocycles. The molecule has 1 heterocycles. The van der Waals surface area contributed by atoms with Crippen molar-refractivity contribution >= 4 is 5.82 Å².